The van der Waals surface area contributed by atoms with Crippen molar-refractivity contribution in [3.63, 3.8) is 0 Å². The molecule has 2 aromatic carbocycles. The van der Waals surface area contributed by atoms with E-state index in [-0.39, 0.29) is 18.0 Å². The van der Waals surface area contributed by atoms with Crippen LogP contribution in [0.4, 0.5) is 9.18 Å². The monoisotopic (exact) mass is 389 g/mol. The number of carboxylic acid groups (broad SMARTS) is 1. The van der Waals surface area contributed by atoms with Crippen LogP contribution < -0.4 is 10.6 Å². The quantitative estimate of drug-likeness (QED) is 0.520. The smallest absolute Gasteiger partial charge is 0.326 e. The molecule has 0 saturated heterocycles. The third-order valence-electron chi connectivity index (χ3n) is 4.16. The molecule has 6 nitrogen and oxygen atoms in total. The molecule has 140 valence electrons. The zero-order valence-corrected chi connectivity index (χ0v) is 14.9. The third-order valence-corrected chi connectivity index (χ3v) is 4.51. The van der Waals surface area contributed by atoms with Gasteiger partial charge in [-0.05, 0) is 29.3 Å². The van der Waals surface area contributed by atoms with E-state index in [0.717, 1.165) is 22.5 Å². The summed E-state index contributed by atoms with van der Waals surface area (Å²) in [6, 6.07) is 9.60. The second-order valence-electron chi connectivity index (χ2n) is 6.02. The molecule has 4 N–H and O–H groups in total. The van der Waals surface area contributed by atoms with Gasteiger partial charge >= 0.3 is 12.0 Å². The van der Waals surface area contributed by atoms with Crippen LogP contribution in [0.1, 0.15) is 11.1 Å². The van der Waals surface area contributed by atoms with E-state index < -0.39 is 23.9 Å². The highest BCUT2D eigenvalue weighted by Crippen LogP contribution is 2.19. The number of carbonyl (C=O) groups excluding carboxylic acids is 1. The highest BCUT2D eigenvalue weighted by molar-refractivity contribution is 6.31. The number of H-pyrrole nitrogens is 1. The van der Waals surface area contributed by atoms with Crippen molar-refractivity contribution in [2.24, 2.45) is 0 Å². The molecule has 0 saturated carbocycles. The number of carbonyl (C=O) groups is 2. The molecule has 0 spiro atoms. The molecule has 2 amide bonds. The van der Waals surface area contributed by atoms with Crippen LogP contribution in [-0.2, 0) is 17.8 Å². The van der Waals surface area contributed by atoms with Crippen LogP contribution in [0.25, 0.3) is 10.9 Å². The number of hydrogen-bond acceptors (Lipinski definition) is 2. The molecule has 3 aromatic rings. The highest BCUT2D eigenvalue weighted by atomic mass is 35.5. The largest absolute Gasteiger partial charge is 0.480 e. The lowest BCUT2D eigenvalue weighted by molar-refractivity contribution is -0.139. The molecule has 0 radical (unpaired) electrons. The van der Waals surface area contributed by atoms with Crippen molar-refractivity contribution in [2.45, 2.75) is 19.0 Å². The van der Waals surface area contributed by atoms with Gasteiger partial charge in [0.2, 0.25) is 0 Å². The molecular formula is C19H17ClFN3O3. The Morgan fingerprint density at radius 3 is 2.70 bits per heavy atom. The van der Waals surface area contributed by atoms with Crippen molar-refractivity contribution in [3.05, 3.63) is 70.6 Å². The van der Waals surface area contributed by atoms with Gasteiger partial charge in [-0.3, -0.25) is 0 Å². The normalized spacial score (nSPS) is 11.9. The standard InChI is InChI=1S/C19H17ClFN3O3/c20-15-8-13(21)6-5-11(15)9-23-19(27)24-17(18(25)26)7-12-10-22-16-4-2-1-3-14(12)16/h1-6,8,10,17,22H,7,9H2,(H,25,26)(H2,23,24,27)/t17-/m0/s1. The van der Waals surface area contributed by atoms with Gasteiger partial charge in [-0.25, -0.2) is 14.0 Å². The predicted molar refractivity (Wildman–Crippen MR) is 100 cm³/mol. The van der Waals surface area contributed by atoms with Gasteiger partial charge in [0, 0.05) is 35.1 Å². The fraction of sp³-hybridized carbons (Fsp3) is 0.158. The number of fused-ring (bicyclic) bond motifs is 1. The van der Waals surface area contributed by atoms with E-state index >= 15 is 0 Å². The molecule has 0 fully saturated rings. The third kappa shape index (κ3) is 4.57. The van der Waals surface area contributed by atoms with Crippen LogP contribution in [0, 0.1) is 5.82 Å². The average molecular weight is 390 g/mol. The van der Waals surface area contributed by atoms with Crippen molar-refractivity contribution in [2.75, 3.05) is 0 Å². The molecule has 0 aliphatic rings. The van der Waals surface area contributed by atoms with Gasteiger partial charge in [-0.15, -0.1) is 0 Å². The summed E-state index contributed by atoms with van der Waals surface area (Å²) < 4.78 is 13.0. The number of amides is 2. The van der Waals surface area contributed by atoms with E-state index in [2.05, 4.69) is 15.6 Å². The molecule has 27 heavy (non-hydrogen) atoms. The van der Waals surface area contributed by atoms with Gasteiger partial charge in [0.15, 0.2) is 0 Å². The van der Waals surface area contributed by atoms with Gasteiger partial charge in [0.25, 0.3) is 0 Å². The van der Waals surface area contributed by atoms with Crippen LogP contribution >= 0.6 is 11.6 Å². The van der Waals surface area contributed by atoms with Crippen molar-refractivity contribution >= 4 is 34.5 Å². The second-order valence-corrected chi connectivity index (χ2v) is 6.42. The van der Waals surface area contributed by atoms with E-state index in [0.29, 0.717) is 5.56 Å². The van der Waals surface area contributed by atoms with Crippen molar-refractivity contribution in [1.82, 2.24) is 15.6 Å². The van der Waals surface area contributed by atoms with Gasteiger partial charge in [0.1, 0.15) is 11.9 Å². The first-order valence-electron chi connectivity index (χ1n) is 8.20. The molecule has 1 heterocycles. The van der Waals surface area contributed by atoms with E-state index in [9.17, 15) is 19.1 Å². The fourth-order valence-electron chi connectivity index (χ4n) is 2.77. The summed E-state index contributed by atoms with van der Waals surface area (Å²) in [6.45, 7) is 0.0460. The number of aromatic nitrogens is 1. The first kappa shape index (κ1) is 18.7. The van der Waals surface area contributed by atoms with Gasteiger partial charge in [0.05, 0.1) is 0 Å². The van der Waals surface area contributed by atoms with Crippen molar-refractivity contribution in [3.8, 4) is 0 Å². The van der Waals surface area contributed by atoms with Crippen LogP contribution in [0.5, 0.6) is 0 Å². The summed E-state index contributed by atoms with van der Waals surface area (Å²) >= 11 is 5.91. The Labute approximate surface area is 159 Å². The lowest BCUT2D eigenvalue weighted by Gasteiger charge is -2.15. The summed E-state index contributed by atoms with van der Waals surface area (Å²) in [4.78, 5) is 26.7. The molecule has 1 aromatic heterocycles. The predicted octanol–water partition coefficient (Wildman–Crippen LogP) is 3.46. The molecule has 0 aliphatic carbocycles. The minimum atomic E-state index is -1.14. The number of urea groups is 1. The maximum Gasteiger partial charge on any atom is 0.326 e. The van der Waals surface area contributed by atoms with Crippen molar-refractivity contribution < 1.29 is 19.1 Å². The molecule has 1 atom stereocenters. The SMILES string of the molecule is O=C(NCc1ccc(F)cc1Cl)N[C@@H](Cc1c[nH]c2ccccc12)C(=O)O. The van der Waals surface area contributed by atoms with Crippen molar-refractivity contribution in [1.29, 1.82) is 0 Å². The zero-order chi connectivity index (χ0) is 19.4. The summed E-state index contributed by atoms with van der Waals surface area (Å²) in [5, 5.41) is 15.5. The minimum Gasteiger partial charge on any atom is -0.480 e. The molecule has 3 rings (SSSR count). The maximum absolute atomic E-state index is 13.0. The lowest BCUT2D eigenvalue weighted by Crippen LogP contribution is -2.46. The number of nitrogens with one attached hydrogen (secondary N) is 3. The fourth-order valence-corrected chi connectivity index (χ4v) is 3.00. The Morgan fingerprint density at radius 1 is 1.19 bits per heavy atom. The van der Waals surface area contributed by atoms with Crippen LogP contribution in [0.15, 0.2) is 48.7 Å². The number of hydrogen-bond donors (Lipinski definition) is 4. The molecule has 0 aliphatic heterocycles. The Morgan fingerprint density at radius 2 is 1.96 bits per heavy atom. The number of benzene rings is 2. The van der Waals surface area contributed by atoms with Gasteiger partial charge in [-0.2, -0.15) is 0 Å². The molecule has 0 unspecified atom stereocenters. The molecule has 8 heteroatoms. The highest BCUT2D eigenvalue weighted by Gasteiger charge is 2.22. The van der Waals surface area contributed by atoms with Crippen LogP contribution in [-0.4, -0.2) is 28.1 Å². The summed E-state index contributed by atoms with van der Waals surface area (Å²) in [5.41, 5.74) is 2.21. The summed E-state index contributed by atoms with van der Waals surface area (Å²) in [7, 11) is 0. The first-order chi connectivity index (χ1) is 12.9. The Kier molecular flexibility index (Phi) is 5.61. The minimum absolute atomic E-state index is 0.0460. The Balaban J connectivity index is 1.63. The second kappa shape index (κ2) is 8.09. The number of carboxylic acids is 1. The summed E-state index contributed by atoms with van der Waals surface area (Å²) in [6.07, 6.45) is 1.86. The van der Waals surface area contributed by atoms with Gasteiger partial charge < -0.3 is 20.7 Å². The van der Waals surface area contributed by atoms with E-state index in [1.165, 1.54) is 12.1 Å². The summed E-state index contributed by atoms with van der Waals surface area (Å²) in [5.74, 6) is -1.62. The van der Waals surface area contributed by atoms with Gasteiger partial charge in [-0.1, -0.05) is 35.9 Å². The van der Waals surface area contributed by atoms with Crippen LogP contribution in [0.2, 0.25) is 5.02 Å². The zero-order valence-electron chi connectivity index (χ0n) is 14.1. The lowest BCUT2D eigenvalue weighted by atomic mass is 10.1. The Bertz CT molecular complexity index is 989. The van der Waals surface area contributed by atoms with E-state index in [4.69, 9.17) is 11.6 Å². The average Bonchev–Trinajstić information content (AvgIpc) is 3.03. The topological polar surface area (TPSA) is 94.2 Å². The van der Waals surface area contributed by atoms with E-state index in [1.54, 1.807) is 6.20 Å². The van der Waals surface area contributed by atoms with E-state index in [1.807, 2.05) is 24.3 Å². The number of rotatable bonds is 6. The number of para-hydroxylation sites is 1. The Hall–Kier alpha value is -3.06. The number of aromatic amines is 1. The number of aliphatic carboxylic acids is 1. The maximum atomic E-state index is 13.0. The first-order valence-corrected chi connectivity index (χ1v) is 8.58. The molecule has 0 bridgehead atoms. The molecular weight excluding hydrogens is 373 g/mol. The van der Waals surface area contributed by atoms with Crippen LogP contribution in [0.3, 0.4) is 0 Å². The number of halogens is 2.